The topological polar surface area (TPSA) is 102 Å². The first-order valence-corrected chi connectivity index (χ1v) is 10.4. The Morgan fingerprint density at radius 2 is 1.68 bits per heavy atom. The van der Waals surface area contributed by atoms with Crippen molar-refractivity contribution in [3.8, 4) is 6.07 Å². The van der Waals surface area contributed by atoms with E-state index in [4.69, 9.17) is 5.26 Å². The number of anilines is 2. The van der Waals surface area contributed by atoms with Crippen LogP contribution in [-0.4, -0.2) is 24.3 Å². The molecule has 162 valence electrons. The number of para-hydroxylation sites is 1. The molecule has 0 fully saturated rings. The van der Waals surface area contributed by atoms with Crippen molar-refractivity contribution in [3.05, 3.63) is 60.2 Å². The van der Waals surface area contributed by atoms with E-state index >= 15 is 0 Å². The quantitative estimate of drug-likeness (QED) is 0.608. The van der Waals surface area contributed by atoms with Gasteiger partial charge in [0.2, 0.25) is 17.7 Å². The summed E-state index contributed by atoms with van der Waals surface area (Å²) < 4.78 is 0. The van der Waals surface area contributed by atoms with Crippen molar-refractivity contribution in [2.24, 2.45) is 0 Å². The highest BCUT2D eigenvalue weighted by Crippen LogP contribution is 2.18. The molecule has 0 aliphatic rings. The molecule has 2 rings (SSSR count). The zero-order chi connectivity index (χ0) is 22.6. The molecule has 7 heteroatoms. The van der Waals surface area contributed by atoms with Crippen LogP contribution in [0.25, 0.3) is 0 Å². The molecule has 0 saturated heterocycles. The number of rotatable bonds is 10. The Morgan fingerprint density at radius 3 is 2.29 bits per heavy atom. The van der Waals surface area contributed by atoms with Gasteiger partial charge in [0.25, 0.3) is 0 Å². The van der Waals surface area contributed by atoms with Crippen molar-refractivity contribution in [2.75, 3.05) is 16.8 Å². The minimum atomic E-state index is -0.234. The summed E-state index contributed by atoms with van der Waals surface area (Å²) in [5.41, 5.74) is 2.32. The van der Waals surface area contributed by atoms with E-state index in [0.29, 0.717) is 17.8 Å². The second-order valence-electron chi connectivity index (χ2n) is 7.10. The Morgan fingerprint density at radius 1 is 1.00 bits per heavy atom. The largest absolute Gasteiger partial charge is 0.350 e. The van der Waals surface area contributed by atoms with Crippen LogP contribution in [-0.2, 0) is 14.4 Å². The summed E-state index contributed by atoms with van der Waals surface area (Å²) in [5.74, 6) is -0.476. The van der Waals surface area contributed by atoms with E-state index in [-0.39, 0.29) is 49.6 Å². The molecule has 0 aliphatic heterocycles. The number of amides is 3. The average molecular weight is 421 g/mol. The highest BCUT2D eigenvalue weighted by Gasteiger charge is 2.17. The fourth-order valence-corrected chi connectivity index (χ4v) is 3.02. The third-order valence-electron chi connectivity index (χ3n) is 4.78. The predicted octanol–water partition coefficient (Wildman–Crippen LogP) is 3.94. The van der Waals surface area contributed by atoms with Crippen LogP contribution in [0.3, 0.4) is 0 Å². The molecule has 1 unspecified atom stereocenters. The van der Waals surface area contributed by atoms with Gasteiger partial charge in [0, 0.05) is 37.2 Å². The normalized spacial score (nSPS) is 11.1. The molecule has 0 heterocycles. The standard InChI is InChI=1S/C24H28N4O3/c1-3-22(29)27-20-12-10-19(11-13-20)18(2)26-23(30)14-15-24(31)28(17-7-16-25)21-8-5-4-6-9-21/h4-6,8-13,18H,3,7,14-15,17H2,1-2H3,(H,26,30)(H,27,29). The van der Waals surface area contributed by atoms with Crippen LogP contribution >= 0.6 is 0 Å². The van der Waals surface area contributed by atoms with Crippen LogP contribution in [0.1, 0.15) is 51.1 Å². The van der Waals surface area contributed by atoms with Gasteiger partial charge in [-0.3, -0.25) is 14.4 Å². The number of benzene rings is 2. The lowest BCUT2D eigenvalue weighted by Crippen LogP contribution is -2.33. The molecular formula is C24H28N4O3. The monoisotopic (exact) mass is 420 g/mol. The lowest BCUT2D eigenvalue weighted by atomic mass is 10.1. The fourth-order valence-electron chi connectivity index (χ4n) is 3.02. The van der Waals surface area contributed by atoms with E-state index in [1.54, 1.807) is 24.0 Å². The van der Waals surface area contributed by atoms with Crippen LogP contribution in [0.4, 0.5) is 11.4 Å². The van der Waals surface area contributed by atoms with Gasteiger partial charge in [-0.15, -0.1) is 0 Å². The van der Waals surface area contributed by atoms with E-state index in [1.807, 2.05) is 49.4 Å². The first-order chi connectivity index (χ1) is 14.9. The molecule has 2 aromatic rings. The number of nitriles is 1. The third-order valence-corrected chi connectivity index (χ3v) is 4.78. The Bertz CT molecular complexity index is 920. The maximum absolute atomic E-state index is 12.7. The second kappa shape index (κ2) is 12.1. The number of hydrogen-bond donors (Lipinski definition) is 2. The van der Waals surface area contributed by atoms with Gasteiger partial charge in [-0.05, 0) is 36.8 Å². The lowest BCUT2D eigenvalue weighted by Gasteiger charge is -2.22. The van der Waals surface area contributed by atoms with Gasteiger partial charge in [0.1, 0.15) is 0 Å². The van der Waals surface area contributed by atoms with Gasteiger partial charge in [-0.25, -0.2) is 0 Å². The lowest BCUT2D eigenvalue weighted by molar-refractivity contribution is -0.125. The summed E-state index contributed by atoms with van der Waals surface area (Å²) in [4.78, 5) is 38.0. The third kappa shape index (κ3) is 7.59. The number of nitrogens with one attached hydrogen (secondary N) is 2. The van der Waals surface area contributed by atoms with E-state index in [2.05, 4.69) is 16.7 Å². The summed E-state index contributed by atoms with van der Waals surface area (Å²) in [6.07, 6.45) is 0.744. The Balaban J connectivity index is 1.89. The molecule has 2 aromatic carbocycles. The van der Waals surface area contributed by atoms with Gasteiger partial charge < -0.3 is 15.5 Å². The fraction of sp³-hybridized carbons (Fsp3) is 0.333. The molecule has 31 heavy (non-hydrogen) atoms. The van der Waals surface area contributed by atoms with Crippen LogP contribution in [0.15, 0.2) is 54.6 Å². The van der Waals surface area contributed by atoms with E-state index in [1.165, 1.54) is 0 Å². The van der Waals surface area contributed by atoms with Crippen molar-refractivity contribution in [1.82, 2.24) is 5.32 Å². The van der Waals surface area contributed by atoms with Gasteiger partial charge in [-0.2, -0.15) is 5.26 Å². The van der Waals surface area contributed by atoms with Crippen molar-refractivity contribution < 1.29 is 14.4 Å². The maximum atomic E-state index is 12.7. The molecule has 0 radical (unpaired) electrons. The van der Waals surface area contributed by atoms with E-state index in [9.17, 15) is 14.4 Å². The summed E-state index contributed by atoms with van der Waals surface area (Å²) in [6, 6.07) is 18.2. The number of hydrogen-bond acceptors (Lipinski definition) is 4. The van der Waals surface area contributed by atoms with E-state index < -0.39 is 0 Å². The molecular weight excluding hydrogens is 392 g/mol. The SMILES string of the molecule is CCC(=O)Nc1ccc(C(C)NC(=O)CCC(=O)N(CCC#N)c2ccccc2)cc1. The maximum Gasteiger partial charge on any atom is 0.227 e. The predicted molar refractivity (Wildman–Crippen MR) is 120 cm³/mol. The van der Waals surface area contributed by atoms with Crippen molar-refractivity contribution >= 4 is 29.1 Å². The smallest absolute Gasteiger partial charge is 0.227 e. The highest BCUT2D eigenvalue weighted by atomic mass is 16.2. The van der Waals surface area contributed by atoms with Gasteiger partial charge in [-0.1, -0.05) is 37.3 Å². The molecule has 7 nitrogen and oxygen atoms in total. The van der Waals surface area contributed by atoms with E-state index in [0.717, 1.165) is 5.56 Å². The number of nitrogens with zero attached hydrogens (tertiary/aromatic N) is 2. The van der Waals surface area contributed by atoms with Gasteiger partial charge in [0.15, 0.2) is 0 Å². The first kappa shape index (κ1) is 23.6. The molecule has 1 atom stereocenters. The average Bonchev–Trinajstić information content (AvgIpc) is 2.79. The first-order valence-electron chi connectivity index (χ1n) is 10.4. The second-order valence-corrected chi connectivity index (χ2v) is 7.10. The molecule has 0 aliphatic carbocycles. The molecule has 0 spiro atoms. The Hall–Kier alpha value is -3.66. The summed E-state index contributed by atoms with van der Waals surface area (Å²) >= 11 is 0. The minimum absolute atomic E-state index is 0.0564. The van der Waals surface area contributed by atoms with Crippen molar-refractivity contribution in [2.45, 2.75) is 45.6 Å². The van der Waals surface area contributed by atoms with Gasteiger partial charge in [0.05, 0.1) is 18.5 Å². The van der Waals surface area contributed by atoms with Crippen molar-refractivity contribution in [3.63, 3.8) is 0 Å². The summed E-state index contributed by atoms with van der Waals surface area (Å²) in [7, 11) is 0. The molecule has 0 bridgehead atoms. The van der Waals surface area contributed by atoms with Crippen LogP contribution < -0.4 is 15.5 Å². The zero-order valence-electron chi connectivity index (χ0n) is 17.9. The number of carbonyl (C=O) groups excluding carboxylic acids is 3. The molecule has 0 aromatic heterocycles. The van der Waals surface area contributed by atoms with Gasteiger partial charge >= 0.3 is 0 Å². The minimum Gasteiger partial charge on any atom is -0.350 e. The van der Waals surface area contributed by atoms with Crippen LogP contribution in [0, 0.1) is 11.3 Å². The number of carbonyl (C=O) groups is 3. The molecule has 3 amide bonds. The van der Waals surface area contributed by atoms with Crippen LogP contribution in [0.5, 0.6) is 0 Å². The summed E-state index contributed by atoms with van der Waals surface area (Å²) in [5, 5.41) is 14.5. The van der Waals surface area contributed by atoms with Crippen molar-refractivity contribution in [1.29, 1.82) is 5.26 Å². The highest BCUT2D eigenvalue weighted by molar-refractivity contribution is 5.95. The Labute approximate surface area is 183 Å². The zero-order valence-corrected chi connectivity index (χ0v) is 17.9. The molecule has 0 saturated carbocycles. The summed E-state index contributed by atoms with van der Waals surface area (Å²) in [6.45, 7) is 3.94. The Kier molecular flexibility index (Phi) is 9.24. The molecule has 2 N–H and O–H groups in total. The van der Waals surface area contributed by atoms with Crippen LogP contribution in [0.2, 0.25) is 0 Å².